The summed E-state index contributed by atoms with van der Waals surface area (Å²) in [6.07, 6.45) is 1.76. The summed E-state index contributed by atoms with van der Waals surface area (Å²) in [6, 6.07) is 14.6. The number of aryl methyl sites for hydroxylation is 1. The summed E-state index contributed by atoms with van der Waals surface area (Å²) in [6.45, 7) is 0.567. The molecule has 0 unspecified atom stereocenters. The van der Waals surface area contributed by atoms with Crippen molar-refractivity contribution in [2.45, 2.75) is 12.8 Å². The van der Waals surface area contributed by atoms with Crippen LogP contribution in [0, 0.1) is 0 Å². The predicted octanol–water partition coefficient (Wildman–Crippen LogP) is 2.34. The third-order valence-corrected chi connectivity index (χ3v) is 3.04. The van der Waals surface area contributed by atoms with E-state index in [0.717, 1.165) is 12.8 Å². The number of aromatic hydroxyl groups is 1. The van der Waals surface area contributed by atoms with Gasteiger partial charge >= 0.3 is 0 Å². The van der Waals surface area contributed by atoms with Crippen LogP contribution in [-0.4, -0.2) is 17.6 Å². The monoisotopic (exact) mass is 270 g/mol. The second kappa shape index (κ2) is 6.61. The van der Waals surface area contributed by atoms with Crippen LogP contribution in [0.15, 0.2) is 48.5 Å². The van der Waals surface area contributed by atoms with Crippen molar-refractivity contribution in [1.82, 2.24) is 5.32 Å². The van der Waals surface area contributed by atoms with E-state index in [0.29, 0.717) is 12.2 Å². The molecular weight excluding hydrogens is 252 g/mol. The van der Waals surface area contributed by atoms with Gasteiger partial charge in [-0.25, -0.2) is 0 Å². The van der Waals surface area contributed by atoms with Crippen LogP contribution in [0.25, 0.3) is 0 Å². The molecule has 0 fully saturated rings. The van der Waals surface area contributed by atoms with E-state index in [1.54, 1.807) is 6.07 Å². The van der Waals surface area contributed by atoms with Gasteiger partial charge in [0.25, 0.3) is 5.91 Å². The van der Waals surface area contributed by atoms with E-state index in [2.05, 4.69) is 17.4 Å². The highest BCUT2D eigenvalue weighted by atomic mass is 16.3. The van der Waals surface area contributed by atoms with Gasteiger partial charge in [-0.1, -0.05) is 30.3 Å². The predicted molar refractivity (Wildman–Crippen MR) is 79.6 cm³/mol. The molecule has 104 valence electrons. The fourth-order valence-electron chi connectivity index (χ4n) is 1.98. The van der Waals surface area contributed by atoms with Crippen LogP contribution < -0.4 is 11.1 Å². The van der Waals surface area contributed by atoms with Crippen molar-refractivity contribution in [3.8, 4) is 5.75 Å². The Labute approximate surface area is 118 Å². The molecule has 0 saturated carbocycles. The molecule has 2 aromatic rings. The molecule has 0 saturated heterocycles. The number of benzene rings is 2. The van der Waals surface area contributed by atoms with E-state index in [-0.39, 0.29) is 17.2 Å². The normalized spacial score (nSPS) is 10.2. The first-order valence-electron chi connectivity index (χ1n) is 6.57. The van der Waals surface area contributed by atoms with Gasteiger partial charge in [-0.3, -0.25) is 4.79 Å². The van der Waals surface area contributed by atoms with Gasteiger partial charge < -0.3 is 16.2 Å². The highest BCUT2D eigenvalue weighted by molar-refractivity contribution is 5.97. The lowest BCUT2D eigenvalue weighted by molar-refractivity contribution is 0.0950. The molecule has 0 aliphatic carbocycles. The molecular formula is C16H18N2O2. The minimum Gasteiger partial charge on any atom is -0.507 e. The van der Waals surface area contributed by atoms with Gasteiger partial charge in [0.05, 0.1) is 5.56 Å². The van der Waals surface area contributed by atoms with Gasteiger partial charge in [0.2, 0.25) is 0 Å². The van der Waals surface area contributed by atoms with Crippen molar-refractivity contribution < 1.29 is 9.90 Å². The zero-order valence-electron chi connectivity index (χ0n) is 11.2. The third kappa shape index (κ3) is 3.75. The van der Waals surface area contributed by atoms with Gasteiger partial charge in [0.15, 0.2) is 0 Å². The lowest BCUT2D eigenvalue weighted by Gasteiger charge is -2.07. The Bertz CT molecular complexity index is 582. The Hall–Kier alpha value is -2.49. The number of anilines is 1. The molecule has 1 amide bonds. The van der Waals surface area contributed by atoms with E-state index < -0.39 is 0 Å². The topological polar surface area (TPSA) is 75.4 Å². The average Bonchev–Trinajstić information content (AvgIpc) is 2.44. The lowest BCUT2D eigenvalue weighted by atomic mass is 10.1. The van der Waals surface area contributed by atoms with Crippen molar-refractivity contribution in [2.75, 3.05) is 12.3 Å². The Kier molecular flexibility index (Phi) is 4.60. The molecule has 4 nitrogen and oxygen atoms in total. The molecule has 2 rings (SSSR count). The second-order valence-electron chi connectivity index (χ2n) is 4.62. The van der Waals surface area contributed by atoms with Gasteiger partial charge in [0.1, 0.15) is 5.75 Å². The molecule has 4 N–H and O–H groups in total. The van der Waals surface area contributed by atoms with Crippen molar-refractivity contribution >= 4 is 11.6 Å². The maximum atomic E-state index is 11.9. The van der Waals surface area contributed by atoms with Crippen molar-refractivity contribution in [2.24, 2.45) is 0 Å². The molecule has 0 aromatic heterocycles. The van der Waals surface area contributed by atoms with Crippen LogP contribution in [0.3, 0.4) is 0 Å². The Morgan fingerprint density at radius 3 is 2.60 bits per heavy atom. The van der Waals surface area contributed by atoms with Crippen LogP contribution in [0.2, 0.25) is 0 Å². The standard InChI is InChI=1S/C16H18N2O2/c17-13-8-9-14(15(19)11-13)16(20)18-10-4-7-12-5-2-1-3-6-12/h1-3,5-6,8-9,11,19H,4,7,10,17H2,(H,18,20). The number of carbonyl (C=O) groups is 1. The first-order valence-corrected chi connectivity index (χ1v) is 6.57. The van der Waals surface area contributed by atoms with Crippen molar-refractivity contribution in [1.29, 1.82) is 0 Å². The van der Waals surface area contributed by atoms with Crippen LogP contribution >= 0.6 is 0 Å². The van der Waals surface area contributed by atoms with Gasteiger partial charge in [-0.05, 0) is 30.5 Å². The van der Waals surface area contributed by atoms with E-state index in [9.17, 15) is 9.90 Å². The molecule has 0 atom stereocenters. The summed E-state index contributed by atoms with van der Waals surface area (Å²) in [5, 5.41) is 12.4. The number of nitrogens with two attached hydrogens (primary N) is 1. The minimum atomic E-state index is -0.282. The molecule has 0 heterocycles. The number of hydrogen-bond acceptors (Lipinski definition) is 3. The molecule has 0 radical (unpaired) electrons. The smallest absolute Gasteiger partial charge is 0.255 e. The fourth-order valence-corrected chi connectivity index (χ4v) is 1.98. The number of nitrogens with one attached hydrogen (secondary N) is 1. The summed E-state index contributed by atoms with van der Waals surface area (Å²) in [5.41, 5.74) is 7.45. The SMILES string of the molecule is Nc1ccc(C(=O)NCCCc2ccccc2)c(O)c1. The number of nitrogen functional groups attached to an aromatic ring is 1. The van der Waals surface area contributed by atoms with Gasteiger partial charge in [0, 0.05) is 18.3 Å². The zero-order valence-corrected chi connectivity index (χ0v) is 11.2. The first kappa shape index (κ1) is 13.9. The highest BCUT2D eigenvalue weighted by Crippen LogP contribution is 2.19. The van der Waals surface area contributed by atoms with Crippen LogP contribution in [0.5, 0.6) is 5.75 Å². The van der Waals surface area contributed by atoms with Crippen LogP contribution in [0.1, 0.15) is 22.3 Å². The Morgan fingerprint density at radius 2 is 1.90 bits per heavy atom. The van der Waals surface area contributed by atoms with E-state index >= 15 is 0 Å². The number of amides is 1. The summed E-state index contributed by atoms with van der Waals surface area (Å²) < 4.78 is 0. The number of phenolic OH excluding ortho intramolecular Hbond substituents is 1. The van der Waals surface area contributed by atoms with Crippen molar-refractivity contribution in [3.63, 3.8) is 0 Å². The molecule has 4 heteroatoms. The fraction of sp³-hybridized carbons (Fsp3) is 0.188. The van der Waals surface area contributed by atoms with Crippen molar-refractivity contribution in [3.05, 3.63) is 59.7 Å². The lowest BCUT2D eigenvalue weighted by Crippen LogP contribution is -2.24. The largest absolute Gasteiger partial charge is 0.507 e. The summed E-state index contributed by atoms with van der Waals surface area (Å²) in [5.74, 6) is -0.374. The third-order valence-electron chi connectivity index (χ3n) is 3.04. The number of rotatable bonds is 5. The Balaban J connectivity index is 1.80. The summed E-state index contributed by atoms with van der Waals surface area (Å²) >= 11 is 0. The number of phenols is 1. The summed E-state index contributed by atoms with van der Waals surface area (Å²) in [4.78, 5) is 11.9. The second-order valence-corrected chi connectivity index (χ2v) is 4.62. The molecule has 0 spiro atoms. The maximum absolute atomic E-state index is 11.9. The highest BCUT2D eigenvalue weighted by Gasteiger charge is 2.10. The molecule has 0 aliphatic heterocycles. The van der Waals surface area contributed by atoms with Gasteiger partial charge in [-0.2, -0.15) is 0 Å². The number of hydrogen-bond donors (Lipinski definition) is 3. The quantitative estimate of drug-likeness (QED) is 0.576. The minimum absolute atomic E-state index is 0.0921. The average molecular weight is 270 g/mol. The van der Waals surface area contributed by atoms with Crippen LogP contribution in [-0.2, 0) is 6.42 Å². The maximum Gasteiger partial charge on any atom is 0.255 e. The molecule has 0 aliphatic rings. The van der Waals surface area contributed by atoms with E-state index in [1.807, 2.05) is 18.2 Å². The van der Waals surface area contributed by atoms with E-state index in [1.165, 1.54) is 17.7 Å². The van der Waals surface area contributed by atoms with Crippen LogP contribution in [0.4, 0.5) is 5.69 Å². The number of carbonyl (C=O) groups excluding carboxylic acids is 1. The van der Waals surface area contributed by atoms with Gasteiger partial charge in [-0.15, -0.1) is 0 Å². The zero-order chi connectivity index (χ0) is 14.4. The molecule has 20 heavy (non-hydrogen) atoms. The van der Waals surface area contributed by atoms with E-state index in [4.69, 9.17) is 5.73 Å². The first-order chi connectivity index (χ1) is 9.66. The Morgan fingerprint density at radius 1 is 1.15 bits per heavy atom. The molecule has 0 bridgehead atoms. The molecule has 2 aromatic carbocycles. The summed E-state index contributed by atoms with van der Waals surface area (Å²) in [7, 11) is 0.